The van der Waals surface area contributed by atoms with E-state index in [2.05, 4.69) is 13.8 Å². The molecule has 1 rings (SSSR count). The largest absolute Gasteiger partial charge is 0.466 e. The van der Waals surface area contributed by atoms with E-state index in [9.17, 15) is 9.59 Å². The highest BCUT2D eigenvalue weighted by Gasteiger charge is 2.12. The smallest absolute Gasteiger partial charge is 0.311 e. The fourth-order valence-electron chi connectivity index (χ4n) is 1.82. The summed E-state index contributed by atoms with van der Waals surface area (Å²) in [6.07, 6.45) is 1.85. The Hall–Kier alpha value is -1.55. The first-order chi connectivity index (χ1) is 10.4. The Kier molecular flexibility index (Phi) is 7.96. The molecule has 1 aromatic carbocycles. The molecule has 0 aromatic heterocycles. The van der Waals surface area contributed by atoms with Crippen LogP contribution in [0.4, 0.5) is 0 Å². The van der Waals surface area contributed by atoms with Gasteiger partial charge in [-0.2, -0.15) is 0 Å². The second-order valence-corrected chi connectivity index (χ2v) is 6.07. The van der Waals surface area contributed by atoms with Crippen LogP contribution in [0.15, 0.2) is 18.2 Å². The molecular formula is C17H23ClO4. The van der Waals surface area contributed by atoms with Gasteiger partial charge in [-0.15, -0.1) is 0 Å². The van der Waals surface area contributed by atoms with Crippen molar-refractivity contribution in [3.05, 3.63) is 28.8 Å². The molecule has 1 aromatic rings. The predicted octanol–water partition coefficient (Wildman–Crippen LogP) is 4.31. The molecule has 0 spiro atoms. The highest BCUT2D eigenvalue weighted by atomic mass is 35.5. The van der Waals surface area contributed by atoms with Gasteiger partial charge in [-0.3, -0.25) is 9.59 Å². The average Bonchev–Trinajstić information content (AvgIpc) is 2.44. The lowest BCUT2D eigenvalue weighted by molar-refractivity contribution is -0.147. The van der Waals surface area contributed by atoms with E-state index in [1.807, 2.05) is 6.92 Å². The summed E-state index contributed by atoms with van der Waals surface area (Å²) in [5.41, 5.74) is 0.981. The average molecular weight is 327 g/mol. The number of hydrogen-bond donors (Lipinski definition) is 0. The van der Waals surface area contributed by atoms with Gasteiger partial charge in [-0.25, -0.2) is 0 Å². The van der Waals surface area contributed by atoms with Crippen molar-refractivity contribution >= 4 is 23.5 Å². The molecule has 0 aliphatic rings. The van der Waals surface area contributed by atoms with Crippen LogP contribution < -0.4 is 4.74 Å². The normalized spacial score (nSPS) is 10.6. The molecule has 0 unspecified atom stereocenters. The summed E-state index contributed by atoms with van der Waals surface area (Å²) in [7, 11) is 0. The maximum absolute atomic E-state index is 11.7. The van der Waals surface area contributed by atoms with Crippen LogP contribution in [0.5, 0.6) is 5.75 Å². The van der Waals surface area contributed by atoms with Crippen molar-refractivity contribution in [2.24, 2.45) is 5.92 Å². The standard InChI is InChI=1S/C17H23ClO4/c1-12(2)5-4-10-21-16(19)8-9-17(20)22-15-7-6-13(3)11-14(15)18/h6-7,11-12H,4-5,8-10H2,1-3H3. The van der Waals surface area contributed by atoms with Crippen molar-refractivity contribution in [1.29, 1.82) is 0 Å². The second-order valence-electron chi connectivity index (χ2n) is 5.66. The molecule has 5 heteroatoms. The highest BCUT2D eigenvalue weighted by Crippen LogP contribution is 2.25. The number of ether oxygens (including phenoxy) is 2. The summed E-state index contributed by atoms with van der Waals surface area (Å²) in [5.74, 6) is 0.0242. The SMILES string of the molecule is Cc1ccc(OC(=O)CCC(=O)OCCCC(C)C)c(Cl)c1. The summed E-state index contributed by atoms with van der Waals surface area (Å²) in [5, 5.41) is 0.379. The Bertz CT molecular complexity index is 511. The zero-order valence-electron chi connectivity index (χ0n) is 13.4. The Morgan fingerprint density at radius 2 is 1.86 bits per heavy atom. The number of aryl methyl sites for hydroxylation is 1. The van der Waals surface area contributed by atoms with Crippen molar-refractivity contribution in [2.75, 3.05) is 6.61 Å². The van der Waals surface area contributed by atoms with Gasteiger partial charge in [0.1, 0.15) is 5.75 Å². The van der Waals surface area contributed by atoms with Gasteiger partial charge in [-0.1, -0.05) is 31.5 Å². The van der Waals surface area contributed by atoms with E-state index < -0.39 is 5.97 Å². The van der Waals surface area contributed by atoms with Crippen LogP contribution in [0.3, 0.4) is 0 Å². The Balaban J connectivity index is 2.26. The first-order valence-electron chi connectivity index (χ1n) is 7.51. The van der Waals surface area contributed by atoms with E-state index in [4.69, 9.17) is 21.1 Å². The van der Waals surface area contributed by atoms with E-state index in [0.29, 0.717) is 23.3 Å². The third-order valence-corrected chi connectivity index (χ3v) is 3.33. The quantitative estimate of drug-likeness (QED) is 0.406. The van der Waals surface area contributed by atoms with Crippen molar-refractivity contribution in [2.45, 2.75) is 46.5 Å². The molecule has 0 N–H and O–H groups in total. The number of rotatable bonds is 8. The summed E-state index contributed by atoms with van der Waals surface area (Å²) >= 11 is 5.98. The third kappa shape index (κ3) is 7.46. The lowest BCUT2D eigenvalue weighted by Crippen LogP contribution is -2.13. The molecule has 0 aliphatic carbocycles. The van der Waals surface area contributed by atoms with Crippen molar-refractivity contribution in [3.8, 4) is 5.75 Å². The van der Waals surface area contributed by atoms with Crippen LogP contribution in [0.2, 0.25) is 5.02 Å². The molecule has 0 amide bonds. The lowest BCUT2D eigenvalue weighted by Gasteiger charge is -2.08. The molecule has 0 bridgehead atoms. The minimum Gasteiger partial charge on any atom is -0.466 e. The van der Waals surface area contributed by atoms with Crippen LogP contribution >= 0.6 is 11.6 Å². The van der Waals surface area contributed by atoms with Gasteiger partial charge in [0.2, 0.25) is 0 Å². The van der Waals surface area contributed by atoms with Crippen LogP contribution in [0.25, 0.3) is 0 Å². The summed E-state index contributed by atoms with van der Waals surface area (Å²) in [6, 6.07) is 5.16. The molecule has 0 atom stereocenters. The molecule has 0 heterocycles. The molecule has 0 fully saturated rings. The highest BCUT2D eigenvalue weighted by molar-refractivity contribution is 6.32. The van der Waals surface area contributed by atoms with Crippen molar-refractivity contribution in [3.63, 3.8) is 0 Å². The van der Waals surface area contributed by atoms with E-state index in [-0.39, 0.29) is 18.8 Å². The van der Waals surface area contributed by atoms with Crippen molar-refractivity contribution in [1.82, 2.24) is 0 Å². The van der Waals surface area contributed by atoms with Crippen molar-refractivity contribution < 1.29 is 19.1 Å². The summed E-state index contributed by atoms with van der Waals surface area (Å²) in [4.78, 5) is 23.2. The number of benzene rings is 1. The van der Waals surface area contributed by atoms with E-state index >= 15 is 0 Å². The maximum atomic E-state index is 11.7. The van der Waals surface area contributed by atoms with Crippen LogP contribution in [-0.2, 0) is 14.3 Å². The molecule has 122 valence electrons. The third-order valence-electron chi connectivity index (χ3n) is 3.03. The number of halogens is 1. The fraction of sp³-hybridized carbons (Fsp3) is 0.529. The summed E-state index contributed by atoms with van der Waals surface area (Å²) in [6.45, 7) is 6.53. The van der Waals surface area contributed by atoms with Gasteiger partial charge in [0, 0.05) is 0 Å². The predicted molar refractivity (Wildman–Crippen MR) is 86.1 cm³/mol. The molecule has 0 saturated heterocycles. The minimum atomic E-state index is -0.495. The number of carbonyl (C=O) groups is 2. The van der Waals surface area contributed by atoms with Crippen LogP contribution in [0, 0.1) is 12.8 Å². The number of carbonyl (C=O) groups excluding carboxylic acids is 2. The second kappa shape index (κ2) is 9.46. The molecule has 22 heavy (non-hydrogen) atoms. The van der Waals surface area contributed by atoms with E-state index in [1.165, 1.54) is 0 Å². The first-order valence-corrected chi connectivity index (χ1v) is 7.88. The van der Waals surface area contributed by atoms with Gasteiger partial charge in [0.05, 0.1) is 24.5 Å². The number of hydrogen-bond acceptors (Lipinski definition) is 4. The number of esters is 2. The molecule has 4 nitrogen and oxygen atoms in total. The minimum absolute atomic E-state index is 0.0178. The molecule has 0 radical (unpaired) electrons. The van der Waals surface area contributed by atoms with E-state index in [0.717, 1.165) is 18.4 Å². The molecule has 0 aliphatic heterocycles. The van der Waals surface area contributed by atoms with Gasteiger partial charge in [0.25, 0.3) is 0 Å². The Morgan fingerprint density at radius 1 is 1.18 bits per heavy atom. The topological polar surface area (TPSA) is 52.6 Å². The zero-order chi connectivity index (χ0) is 16.5. The van der Waals surface area contributed by atoms with Crippen LogP contribution in [-0.4, -0.2) is 18.5 Å². The van der Waals surface area contributed by atoms with Gasteiger partial charge in [0.15, 0.2) is 0 Å². The summed E-state index contributed by atoms with van der Waals surface area (Å²) < 4.78 is 10.2. The van der Waals surface area contributed by atoms with Gasteiger partial charge in [-0.05, 0) is 43.4 Å². The fourth-order valence-corrected chi connectivity index (χ4v) is 2.09. The Morgan fingerprint density at radius 3 is 2.50 bits per heavy atom. The first kappa shape index (κ1) is 18.5. The molecule has 0 saturated carbocycles. The Labute approximate surface area is 136 Å². The van der Waals surface area contributed by atoms with Gasteiger partial charge >= 0.3 is 11.9 Å². The maximum Gasteiger partial charge on any atom is 0.311 e. The zero-order valence-corrected chi connectivity index (χ0v) is 14.1. The van der Waals surface area contributed by atoms with Gasteiger partial charge < -0.3 is 9.47 Å². The molecular weight excluding hydrogens is 304 g/mol. The van der Waals surface area contributed by atoms with Crippen LogP contribution in [0.1, 0.15) is 45.1 Å². The monoisotopic (exact) mass is 326 g/mol. The van der Waals surface area contributed by atoms with E-state index in [1.54, 1.807) is 18.2 Å². The lowest BCUT2D eigenvalue weighted by atomic mass is 10.1.